The van der Waals surface area contributed by atoms with Gasteiger partial charge in [0.1, 0.15) is 13.2 Å². The van der Waals surface area contributed by atoms with Gasteiger partial charge in [-0.3, -0.25) is 4.79 Å². The van der Waals surface area contributed by atoms with Crippen molar-refractivity contribution in [1.29, 1.82) is 0 Å². The molecule has 0 amide bonds. The second-order valence-corrected chi connectivity index (χ2v) is 8.11. The van der Waals surface area contributed by atoms with Crippen LogP contribution >= 0.6 is 0 Å². The van der Waals surface area contributed by atoms with E-state index in [1.165, 1.54) is 70.6 Å². The highest BCUT2D eigenvalue weighted by Crippen LogP contribution is 2.13. The van der Waals surface area contributed by atoms with Gasteiger partial charge in [0.05, 0.1) is 5.56 Å². The predicted molar refractivity (Wildman–Crippen MR) is 127 cm³/mol. The van der Waals surface area contributed by atoms with E-state index < -0.39 is 0 Å². The molecule has 0 saturated heterocycles. The minimum atomic E-state index is -0.357. The van der Waals surface area contributed by atoms with Crippen molar-refractivity contribution < 1.29 is 19.1 Å². The van der Waals surface area contributed by atoms with Gasteiger partial charge in [-0.15, -0.1) is 0 Å². The van der Waals surface area contributed by atoms with Gasteiger partial charge in [-0.1, -0.05) is 102 Å². The van der Waals surface area contributed by atoms with Crippen LogP contribution in [0.5, 0.6) is 0 Å². The summed E-state index contributed by atoms with van der Waals surface area (Å²) in [5, 5.41) is 0. The molecular formula is C27H42O4. The Morgan fingerprint density at radius 2 is 1.16 bits per heavy atom. The van der Waals surface area contributed by atoms with Crippen molar-refractivity contribution in [2.24, 2.45) is 0 Å². The van der Waals surface area contributed by atoms with Gasteiger partial charge in [-0.25, -0.2) is 4.79 Å². The number of rotatable bonds is 19. The molecule has 0 aliphatic carbocycles. The molecule has 0 unspecified atom stereocenters. The van der Waals surface area contributed by atoms with E-state index in [1.54, 1.807) is 36.4 Å². The molecule has 1 aromatic rings. The quantitative estimate of drug-likeness (QED) is 0.130. The van der Waals surface area contributed by atoms with E-state index in [4.69, 9.17) is 9.47 Å². The smallest absolute Gasteiger partial charge is 0.338 e. The van der Waals surface area contributed by atoms with Crippen LogP contribution in [0.25, 0.3) is 0 Å². The minimum absolute atomic E-state index is 0.158. The van der Waals surface area contributed by atoms with E-state index in [1.807, 2.05) is 6.07 Å². The van der Waals surface area contributed by atoms with Crippen molar-refractivity contribution in [2.45, 2.75) is 96.8 Å². The van der Waals surface area contributed by atoms with Crippen LogP contribution in [0.1, 0.15) is 107 Å². The summed E-state index contributed by atoms with van der Waals surface area (Å²) in [7, 11) is 0. The predicted octanol–water partition coefficient (Wildman–Crippen LogP) is 7.42. The molecule has 31 heavy (non-hydrogen) atoms. The molecule has 0 heterocycles. The van der Waals surface area contributed by atoms with Crippen LogP contribution in [0.15, 0.2) is 42.5 Å². The van der Waals surface area contributed by atoms with Gasteiger partial charge in [0.15, 0.2) is 0 Å². The van der Waals surface area contributed by atoms with E-state index >= 15 is 0 Å². The Morgan fingerprint density at radius 3 is 1.71 bits per heavy atom. The lowest BCUT2D eigenvalue weighted by molar-refractivity contribution is -0.142. The molecule has 0 aromatic heterocycles. The van der Waals surface area contributed by atoms with Crippen molar-refractivity contribution >= 4 is 11.9 Å². The van der Waals surface area contributed by atoms with E-state index in [0.29, 0.717) is 12.0 Å². The average Bonchev–Trinajstić information content (AvgIpc) is 2.79. The third kappa shape index (κ3) is 16.3. The molecule has 0 fully saturated rings. The highest BCUT2D eigenvalue weighted by atomic mass is 16.5. The number of hydrogen-bond acceptors (Lipinski definition) is 4. The topological polar surface area (TPSA) is 52.6 Å². The summed E-state index contributed by atoms with van der Waals surface area (Å²) in [5.41, 5.74) is 0.528. The van der Waals surface area contributed by atoms with Crippen molar-refractivity contribution in [2.75, 3.05) is 13.2 Å². The third-order valence-electron chi connectivity index (χ3n) is 5.31. The average molecular weight is 431 g/mol. The molecular weight excluding hydrogens is 388 g/mol. The maximum Gasteiger partial charge on any atom is 0.338 e. The van der Waals surface area contributed by atoms with Crippen LogP contribution in [0.2, 0.25) is 0 Å². The van der Waals surface area contributed by atoms with Crippen LogP contribution < -0.4 is 0 Å². The summed E-state index contributed by atoms with van der Waals surface area (Å²) in [5.74, 6) is -0.515. The second kappa shape index (κ2) is 19.8. The molecule has 4 heteroatoms. The molecule has 1 rings (SSSR count). The van der Waals surface area contributed by atoms with Gasteiger partial charge in [0.2, 0.25) is 0 Å². The van der Waals surface area contributed by atoms with Crippen LogP contribution in [-0.4, -0.2) is 25.2 Å². The van der Waals surface area contributed by atoms with Gasteiger partial charge in [-0.05, 0) is 30.7 Å². The maximum absolute atomic E-state index is 11.7. The number of benzene rings is 1. The van der Waals surface area contributed by atoms with Crippen LogP contribution in [0, 0.1) is 0 Å². The van der Waals surface area contributed by atoms with E-state index in [0.717, 1.165) is 12.8 Å². The molecule has 0 saturated carbocycles. The fourth-order valence-corrected chi connectivity index (χ4v) is 3.42. The largest absolute Gasteiger partial charge is 0.461 e. The lowest BCUT2D eigenvalue weighted by Gasteiger charge is -2.04. The maximum atomic E-state index is 11.7. The summed E-state index contributed by atoms with van der Waals surface area (Å²) in [6, 6.07) is 8.87. The first-order chi connectivity index (χ1) is 15.2. The highest BCUT2D eigenvalue weighted by molar-refractivity contribution is 5.89. The first kappa shape index (κ1) is 26.9. The molecule has 174 valence electrons. The molecule has 1 aromatic carbocycles. The lowest BCUT2D eigenvalue weighted by atomic mass is 10.0. The van der Waals surface area contributed by atoms with Gasteiger partial charge in [0, 0.05) is 6.42 Å². The number of carbonyl (C=O) groups is 2. The van der Waals surface area contributed by atoms with E-state index in [2.05, 4.69) is 6.92 Å². The van der Waals surface area contributed by atoms with Crippen molar-refractivity contribution in [1.82, 2.24) is 0 Å². The summed E-state index contributed by atoms with van der Waals surface area (Å²) in [4.78, 5) is 23.5. The number of esters is 2. The zero-order valence-electron chi connectivity index (χ0n) is 19.5. The first-order valence-corrected chi connectivity index (χ1v) is 12.3. The number of unbranched alkanes of at least 4 members (excludes halogenated alkanes) is 12. The van der Waals surface area contributed by atoms with Crippen LogP contribution in [0.4, 0.5) is 0 Å². The standard InChI is InChI=1S/C27H42O4/c1-2-3-4-5-6-7-8-9-10-11-12-13-17-22-26(28)30-23-18-19-24-31-27(29)25-20-15-14-16-21-25/h14-16,18-21H,2-13,17,22-24H2,1H3. The van der Waals surface area contributed by atoms with Gasteiger partial charge < -0.3 is 9.47 Å². The van der Waals surface area contributed by atoms with Crippen molar-refractivity contribution in [3.8, 4) is 0 Å². The summed E-state index contributed by atoms with van der Waals surface area (Å²) < 4.78 is 10.3. The first-order valence-electron chi connectivity index (χ1n) is 12.3. The lowest BCUT2D eigenvalue weighted by Crippen LogP contribution is -2.06. The van der Waals surface area contributed by atoms with Crippen molar-refractivity contribution in [3.05, 3.63) is 48.0 Å². The van der Waals surface area contributed by atoms with Crippen LogP contribution in [0.3, 0.4) is 0 Å². The molecule has 0 aliphatic rings. The molecule has 4 nitrogen and oxygen atoms in total. The summed E-state index contributed by atoms with van der Waals surface area (Å²) in [6.07, 6.45) is 20.7. The Kier molecular flexibility index (Phi) is 17.2. The number of carbonyl (C=O) groups excluding carboxylic acids is 2. The highest BCUT2D eigenvalue weighted by Gasteiger charge is 2.04. The Bertz CT molecular complexity index is 595. The Morgan fingerprint density at radius 1 is 0.677 bits per heavy atom. The minimum Gasteiger partial charge on any atom is -0.461 e. The SMILES string of the molecule is CCCCCCCCCCCCCCCC(=O)OCC=CCOC(=O)c1ccccc1. The Hall–Kier alpha value is -2.10. The zero-order chi connectivity index (χ0) is 22.4. The van der Waals surface area contributed by atoms with Crippen LogP contribution in [-0.2, 0) is 14.3 Å². The molecule has 0 spiro atoms. The summed E-state index contributed by atoms with van der Waals surface area (Å²) in [6.45, 7) is 2.65. The third-order valence-corrected chi connectivity index (χ3v) is 5.31. The second-order valence-electron chi connectivity index (χ2n) is 8.11. The van der Waals surface area contributed by atoms with E-state index in [-0.39, 0.29) is 25.2 Å². The Balaban J connectivity index is 1.85. The normalized spacial score (nSPS) is 11.0. The molecule has 0 bridgehead atoms. The van der Waals surface area contributed by atoms with Gasteiger partial charge in [-0.2, -0.15) is 0 Å². The number of ether oxygens (including phenoxy) is 2. The number of hydrogen-bond donors (Lipinski definition) is 0. The fraction of sp³-hybridized carbons (Fsp3) is 0.630. The molecule has 0 N–H and O–H groups in total. The monoisotopic (exact) mass is 430 g/mol. The molecule has 0 radical (unpaired) electrons. The van der Waals surface area contributed by atoms with E-state index in [9.17, 15) is 9.59 Å². The molecule has 0 atom stereocenters. The van der Waals surface area contributed by atoms with Crippen molar-refractivity contribution in [3.63, 3.8) is 0 Å². The Labute approximate surface area is 189 Å². The van der Waals surface area contributed by atoms with Gasteiger partial charge in [0.25, 0.3) is 0 Å². The molecule has 0 aliphatic heterocycles. The summed E-state index contributed by atoms with van der Waals surface area (Å²) >= 11 is 0. The zero-order valence-corrected chi connectivity index (χ0v) is 19.5. The van der Waals surface area contributed by atoms with Gasteiger partial charge >= 0.3 is 11.9 Å². The fourth-order valence-electron chi connectivity index (χ4n) is 3.42.